The van der Waals surface area contributed by atoms with Crippen molar-refractivity contribution in [2.45, 2.75) is 13.0 Å². The van der Waals surface area contributed by atoms with Gasteiger partial charge in [0, 0.05) is 11.1 Å². The summed E-state index contributed by atoms with van der Waals surface area (Å²) in [4.78, 5) is 13.1. The number of carbonyl (C=O) groups is 1. The average molecular weight is 392 g/mol. The topological polar surface area (TPSA) is 60.1 Å². The van der Waals surface area contributed by atoms with Crippen LogP contribution < -0.4 is 5.32 Å². The fraction of sp³-hybridized carbons (Fsp3) is 0.0909. The van der Waals surface area contributed by atoms with E-state index in [1.807, 2.05) is 49.4 Å². The number of amides is 1. The average Bonchev–Trinajstić information content (AvgIpc) is 3.38. The Labute approximate surface area is 167 Å². The van der Waals surface area contributed by atoms with Crippen LogP contribution in [0.25, 0.3) is 17.1 Å². The number of benzene rings is 2. The number of rotatable bonds is 5. The lowest BCUT2D eigenvalue weighted by Gasteiger charge is -2.15. The van der Waals surface area contributed by atoms with Gasteiger partial charge in [-0.2, -0.15) is 5.10 Å². The Morgan fingerprint density at radius 1 is 1.07 bits per heavy atom. The molecule has 140 valence electrons. The molecule has 1 atom stereocenters. The summed E-state index contributed by atoms with van der Waals surface area (Å²) in [6.07, 6.45) is 1.57. The molecular formula is C22H18ClN3O2. The molecule has 0 spiro atoms. The second-order valence-electron chi connectivity index (χ2n) is 6.39. The zero-order valence-corrected chi connectivity index (χ0v) is 15.9. The first-order chi connectivity index (χ1) is 13.6. The summed E-state index contributed by atoms with van der Waals surface area (Å²) in [5.41, 5.74) is 2.69. The van der Waals surface area contributed by atoms with Gasteiger partial charge in [-0.05, 0) is 42.8 Å². The minimum atomic E-state index is -0.235. The zero-order chi connectivity index (χ0) is 19.5. The van der Waals surface area contributed by atoms with E-state index < -0.39 is 0 Å². The number of carbonyl (C=O) groups excluding carboxylic acids is 1. The highest BCUT2D eigenvalue weighted by molar-refractivity contribution is 6.30. The molecule has 4 aromatic rings. The molecule has 6 heteroatoms. The lowest BCUT2D eigenvalue weighted by Crippen LogP contribution is -2.28. The van der Waals surface area contributed by atoms with Crippen molar-refractivity contribution >= 4 is 17.5 Å². The van der Waals surface area contributed by atoms with E-state index in [-0.39, 0.29) is 11.9 Å². The van der Waals surface area contributed by atoms with Crippen molar-refractivity contribution in [1.82, 2.24) is 15.1 Å². The number of furan rings is 1. The van der Waals surface area contributed by atoms with Crippen LogP contribution in [0.15, 0.2) is 83.5 Å². The fourth-order valence-electron chi connectivity index (χ4n) is 2.99. The second kappa shape index (κ2) is 7.74. The molecule has 0 aliphatic carbocycles. The fourth-order valence-corrected chi connectivity index (χ4v) is 3.17. The standard InChI is InChI=1S/C22H18ClN3O2/c1-15(16-7-3-2-4-8-16)24-22(27)20-14-19(21-11-6-12-28-21)25-26(20)18-10-5-9-17(23)13-18/h2-15H,1H3,(H,24,27). The van der Waals surface area contributed by atoms with E-state index in [1.165, 1.54) is 0 Å². The van der Waals surface area contributed by atoms with E-state index in [0.717, 1.165) is 5.56 Å². The minimum Gasteiger partial charge on any atom is -0.463 e. The molecule has 2 aromatic carbocycles. The molecule has 2 aromatic heterocycles. The number of aromatic nitrogens is 2. The SMILES string of the molecule is CC(NC(=O)c1cc(-c2ccco2)nn1-c1cccc(Cl)c1)c1ccccc1. The summed E-state index contributed by atoms with van der Waals surface area (Å²) in [5, 5.41) is 8.17. The summed E-state index contributed by atoms with van der Waals surface area (Å²) in [6, 6.07) is 22.2. The van der Waals surface area contributed by atoms with Gasteiger partial charge in [-0.25, -0.2) is 4.68 Å². The molecule has 28 heavy (non-hydrogen) atoms. The van der Waals surface area contributed by atoms with E-state index in [4.69, 9.17) is 16.0 Å². The molecule has 0 radical (unpaired) electrons. The number of halogens is 1. The predicted octanol–water partition coefficient (Wildman–Crippen LogP) is 5.28. The van der Waals surface area contributed by atoms with E-state index in [2.05, 4.69) is 10.4 Å². The van der Waals surface area contributed by atoms with Gasteiger partial charge >= 0.3 is 0 Å². The third-order valence-corrected chi connectivity index (χ3v) is 4.65. The van der Waals surface area contributed by atoms with Crippen LogP contribution in [0.3, 0.4) is 0 Å². The van der Waals surface area contributed by atoms with Crippen molar-refractivity contribution < 1.29 is 9.21 Å². The van der Waals surface area contributed by atoms with Gasteiger partial charge in [0.2, 0.25) is 0 Å². The molecule has 4 rings (SSSR count). The quantitative estimate of drug-likeness (QED) is 0.503. The van der Waals surface area contributed by atoms with Crippen molar-refractivity contribution in [3.05, 3.63) is 95.3 Å². The van der Waals surface area contributed by atoms with Crippen molar-refractivity contribution in [1.29, 1.82) is 0 Å². The van der Waals surface area contributed by atoms with Crippen LogP contribution >= 0.6 is 11.6 Å². The number of hydrogen-bond acceptors (Lipinski definition) is 3. The Morgan fingerprint density at radius 3 is 2.61 bits per heavy atom. The number of hydrogen-bond donors (Lipinski definition) is 1. The molecule has 0 fully saturated rings. The Kier molecular flexibility index (Phi) is 5.00. The summed E-state index contributed by atoms with van der Waals surface area (Å²) in [5.74, 6) is 0.354. The Bertz CT molecular complexity index is 1090. The van der Waals surface area contributed by atoms with Crippen molar-refractivity contribution in [2.75, 3.05) is 0 Å². The van der Waals surface area contributed by atoms with Crippen molar-refractivity contribution in [3.8, 4) is 17.1 Å². The van der Waals surface area contributed by atoms with Gasteiger partial charge in [0.1, 0.15) is 11.4 Å². The maximum atomic E-state index is 13.1. The molecule has 1 unspecified atom stereocenters. The van der Waals surface area contributed by atoms with E-state index in [0.29, 0.717) is 27.9 Å². The predicted molar refractivity (Wildman–Crippen MR) is 109 cm³/mol. The first-order valence-electron chi connectivity index (χ1n) is 8.87. The van der Waals surface area contributed by atoms with Crippen LogP contribution in [-0.4, -0.2) is 15.7 Å². The van der Waals surface area contributed by atoms with Gasteiger partial charge in [-0.1, -0.05) is 48.0 Å². The van der Waals surface area contributed by atoms with Crippen LogP contribution in [0.5, 0.6) is 0 Å². The molecule has 1 amide bonds. The third-order valence-electron chi connectivity index (χ3n) is 4.42. The van der Waals surface area contributed by atoms with Crippen LogP contribution in [0.2, 0.25) is 5.02 Å². The number of nitrogens with zero attached hydrogens (tertiary/aromatic N) is 2. The maximum absolute atomic E-state index is 13.1. The van der Waals surface area contributed by atoms with Crippen molar-refractivity contribution in [2.24, 2.45) is 0 Å². The molecule has 5 nitrogen and oxygen atoms in total. The first kappa shape index (κ1) is 18.1. The van der Waals surface area contributed by atoms with E-state index in [1.54, 1.807) is 41.3 Å². The molecule has 0 aliphatic rings. The molecule has 0 aliphatic heterocycles. The molecular weight excluding hydrogens is 374 g/mol. The van der Waals surface area contributed by atoms with Crippen LogP contribution in [0.4, 0.5) is 0 Å². The highest BCUT2D eigenvalue weighted by Gasteiger charge is 2.20. The highest BCUT2D eigenvalue weighted by Crippen LogP contribution is 2.24. The molecule has 0 saturated carbocycles. The Balaban J connectivity index is 1.71. The normalized spacial score (nSPS) is 11.9. The molecule has 0 bridgehead atoms. The minimum absolute atomic E-state index is 0.150. The van der Waals surface area contributed by atoms with E-state index >= 15 is 0 Å². The Morgan fingerprint density at radius 2 is 1.89 bits per heavy atom. The zero-order valence-electron chi connectivity index (χ0n) is 15.2. The summed E-state index contributed by atoms with van der Waals surface area (Å²) < 4.78 is 7.02. The van der Waals surface area contributed by atoms with Gasteiger partial charge in [0.15, 0.2) is 5.76 Å². The molecule has 1 N–H and O–H groups in total. The molecule has 0 saturated heterocycles. The van der Waals surface area contributed by atoms with Gasteiger partial charge in [0.25, 0.3) is 5.91 Å². The third kappa shape index (κ3) is 3.70. The molecule has 2 heterocycles. The van der Waals surface area contributed by atoms with Crippen molar-refractivity contribution in [3.63, 3.8) is 0 Å². The van der Waals surface area contributed by atoms with Gasteiger partial charge in [-0.15, -0.1) is 0 Å². The maximum Gasteiger partial charge on any atom is 0.270 e. The van der Waals surface area contributed by atoms with Gasteiger partial charge in [0.05, 0.1) is 18.0 Å². The van der Waals surface area contributed by atoms with Crippen LogP contribution in [0.1, 0.15) is 29.0 Å². The van der Waals surface area contributed by atoms with Gasteiger partial charge in [-0.3, -0.25) is 4.79 Å². The second-order valence-corrected chi connectivity index (χ2v) is 6.83. The van der Waals surface area contributed by atoms with Crippen LogP contribution in [-0.2, 0) is 0 Å². The summed E-state index contributed by atoms with van der Waals surface area (Å²) in [6.45, 7) is 1.95. The smallest absolute Gasteiger partial charge is 0.270 e. The highest BCUT2D eigenvalue weighted by atomic mass is 35.5. The summed E-state index contributed by atoms with van der Waals surface area (Å²) >= 11 is 6.14. The van der Waals surface area contributed by atoms with Gasteiger partial charge < -0.3 is 9.73 Å². The first-order valence-corrected chi connectivity index (χ1v) is 9.25. The summed E-state index contributed by atoms with van der Waals surface area (Å²) in [7, 11) is 0. The largest absolute Gasteiger partial charge is 0.463 e. The number of nitrogens with one attached hydrogen (secondary N) is 1. The lowest BCUT2D eigenvalue weighted by molar-refractivity contribution is 0.0932. The van der Waals surface area contributed by atoms with Crippen LogP contribution in [0, 0.1) is 0 Å². The Hall–Kier alpha value is -3.31. The lowest BCUT2D eigenvalue weighted by atomic mass is 10.1. The monoisotopic (exact) mass is 391 g/mol. The van der Waals surface area contributed by atoms with E-state index in [9.17, 15) is 4.79 Å².